The van der Waals surface area contributed by atoms with Crippen molar-refractivity contribution in [2.45, 2.75) is 16.6 Å². The second-order valence-electron chi connectivity index (χ2n) is 6.50. The van der Waals surface area contributed by atoms with Gasteiger partial charge >= 0.3 is 0 Å². The second kappa shape index (κ2) is 7.78. The average molecular weight is 403 g/mol. The number of nitrogens with zero attached hydrogens (tertiary/aromatic N) is 3. The Morgan fingerprint density at radius 2 is 2.04 bits per heavy atom. The van der Waals surface area contributed by atoms with Gasteiger partial charge in [-0.05, 0) is 30.3 Å². The molecule has 1 fully saturated rings. The van der Waals surface area contributed by atoms with Crippen LogP contribution in [0.25, 0.3) is 0 Å². The van der Waals surface area contributed by atoms with Crippen LogP contribution < -0.4 is 10.2 Å². The number of hydrogen-bond acceptors (Lipinski definition) is 5. The van der Waals surface area contributed by atoms with Crippen LogP contribution in [0.15, 0.2) is 47.5 Å². The van der Waals surface area contributed by atoms with Crippen LogP contribution in [0.5, 0.6) is 0 Å². The van der Waals surface area contributed by atoms with Crippen molar-refractivity contribution >= 4 is 46.7 Å². The molecular formula is C19H19ClN4O2S. The highest BCUT2D eigenvalue weighted by molar-refractivity contribution is 8.01. The molecule has 1 aromatic carbocycles. The van der Waals surface area contributed by atoms with E-state index in [0.29, 0.717) is 23.8 Å². The fourth-order valence-electron chi connectivity index (χ4n) is 3.27. The molecule has 0 spiro atoms. The first kappa shape index (κ1) is 18.1. The number of hydrogen-bond donors (Lipinski definition) is 1. The summed E-state index contributed by atoms with van der Waals surface area (Å²) in [5.41, 5.74) is 0.713. The molecule has 27 heavy (non-hydrogen) atoms. The standard InChI is InChI=1S/C19H19ClN4O2S/c20-13-4-5-15-14(11-13)22-19(26)16(27-15)12-18(25)24-9-7-23(8-10-24)17-3-1-2-6-21-17/h1-6,11,16H,7-10,12H2,(H,22,26). The van der Waals surface area contributed by atoms with Crippen LogP contribution in [-0.2, 0) is 9.59 Å². The molecule has 0 bridgehead atoms. The number of rotatable bonds is 3. The van der Waals surface area contributed by atoms with Gasteiger partial charge in [0.1, 0.15) is 5.82 Å². The number of carbonyl (C=O) groups excluding carboxylic acids is 2. The second-order valence-corrected chi connectivity index (χ2v) is 8.18. The van der Waals surface area contributed by atoms with Gasteiger partial charge in [0.25, 0.3) is 0 Å². The molecule has 8 heteroatoms. The first-order valence-electron chi connectivity index (χ1n) is 8.81. The van der Waals surface area contributed by atoms with E-state index in [1.165, 1.54) is 11.8 Å². The summed E-state index contributed by atoms with van der Waals surface area (Å²) in [6, 6.07) is 11.2. The number of thioether (sulfide) groups is 1. The van der Waals surface area contributed by atoms with Crippen molar-refractivity contribution in [2.75, 3.05) is 36.4 Å². The Bertz CT molecular complexity index is 856. The van der Waals surface area contributed by atoms with E-state index in [-0.39, 0.29) is 18.2 Å². The van der Waals surface area contributed by atoms with Crippen LogP contribution in [0.4, 0.5) is 11.5 Å². The Morgan fingerprint density at radius 1 is 1.22 bits per heavy atom. The van der Waals surface area contributed by atoms with E-state index in [0.717, 1.165) is 23.8 Å². The Hall–Kier alpha value is -2.25. The summed E-state index contributed by atoms with van der Waals surface area (Å²) in [6.45, 7) is 2.77. The van der Waals surface area contributed by atoms with Crippen molar-refractivity contribution in [2.24, 2.45) is 0 Å². The third-order valence-electron chi connectivity index (χ3n) is 4.73. The molecule has 3 heterocycles. The molecule has 0 radical (unpaired) electrons. The van der Waals surface area contributed by atoms with E-state index >= 15 is 0 Å². The van der Waals surface area contributed by atoms with Crippen LogP contribution >= 0.6 is 23.4 Å². The van der Waals surface area contributed by atoms with Gasteiger partial charge < -0.3 is 15.1 Å². The van der Waals surface area contributed by atoms with Crippen molar-refractivity contribution < 1.29 is 9.59 Å². The highest BCUT2D eigenvalue weighted by atomic mass is 35.5. The summed E-state index contributed by atoms with van der Waals surface area (Å²) in [4.78, 5) is 34.4. The van der Waals surface area contributed by atoms with E-state index in [2.05, 4.69) is 15.2 Å². The minimum absolute atomic E-state index is 0.0146. The van der Waals surface area contributed by atoms with E-state index in [9.17, 15) is 9.59 Å². The molecule has 1 N–H and O–H groups in total. The third-order valence-corrected chi connectivity index (χ3v) is 6.24. The molecule has 0 saturated carbocycles. The van der Waals surface area contributed by atoms with E-state index < -0.39 is 5.25 Å². The monoisotopic (exact) mass is 402 g/mol. The Morgan fingerprint density at radius 3 is 2.78 bits per heavy atom. The summed E-state index contributed by atoms with van der Waals surface area (Å²) >= 11 is 7.40. The zero-order valence-electron chi connectivity index (χ0n) is 14.6. The van der Waals surface area contributed by atoms with Gasteiger partial charge in [-0.25, -0.2) is 4.98 Å². The molecule has 1 unspecified atom stereocenters. The van der Waals surface area contributed by atoms with Gasteiger partial charge in [0.2, 0.25) is 11.8 Å². The summed E-state index contributed by atoms with van der Waals surface area (Å²) in [5, 5.41) is 3.02. The minimum atomic E-state index is -0.417. The largest absolute Gasteiger partial charge is 0.353 e. The van der Waals surface area contributed by atoms with Gasteiger partial charge in [0.15, 0.2) is 0 Å². The number of benzene rings is 1. The van der Waals surface area contributed by atoms with Gasteiger partial charge in [0, 0.05) is 48.7 Å². The van der Waals surface area contributed by atoms with Crippen LogP contribution in [-0.4, -0.2) is 53.1 Å². The number of carbonyl (C=O) groups is 2. The molecule has 140 valence electrons. The van der Waals surface area contributed by atoms with Crippen molar-refractivity contribution in [3.05, 3.63) is 47.6 Å². The predicted molar refractivity (Wildman–Crippen MR) is 107 cm³/mol. The Kier molecular flexibility index (Phi) is 5.22. The van der Waals surface area contributed by atoms with Gasteiger partial charge in [-0.1, -0.05) is 17.7 Å². The first-order valence-corrected chi connectivity index (χ1v) is 10.1. The third kappa shape index (κ3) is 4.04. The summed E-state index contributed by atoms with van der Waals surface area (Å²) in [6.07, 6.45) is 1.97. The minimum Gasteiger partial charge on any atom is -0.353 e. The highest BCUT2D eigenvalue weighted by Gasteiger charge is 2.31. The summed E-state index contributed by atoms with van der Waals surface area (Å²) < 4.78 is 0. The molecule has 1 aromatic heterocycles. The number of fused-ring (bicyclic) bond motifs is 1. The molecular weight excluding hydrogens is 384 g/mol. The Labute approximate surface area is 166 Å². The van der Waals surface area contributed by atoms with Gasteiger partial charge in [0.05, 0.1) is 10.9 Å². The lowest BCUT2D eigenvalue weighted by Crippen LogP contribution is -2.50. The number of pyridine rings is 1. The fraction of sp³-hybridized carbons (Fsp3) is 0.316. The Balaban J connectivity index is 1.35. The van der Waals surface area contributed by atoms with Gasteiger partial charge in [-0.15, -0.1) is 11.8 Å². The summed E-state index contributed by atoms with van der Waals surface area (Å²) in [5.74, 6) is 0.804. The zero-order valence-corrected chi connectivity index (χ0v) is 16.2. The quantitative estimate of drug-likeness (QED) is 0.855. The molecule has 2 amide bonds. The molecule has 1 saturated heterocycles. The molecule has 6 nitrogen and oxygen atoms in total. The van der Waals surface area contributed by atoms with Gasteiger partial charge in [-0.2, -0.15) is 0 Å². The van der Waals surface area contributed by atoms with E-state index in [1.54, 1.807) is 18.3 Å². The maximum absolute atomic E-state index is 12.7. The normalized spacial score (nSPS) is 19.4. The topological polar surface area (TPSA) is 65.5 Å². The van der Waals surface area contributed by atoms with Crippen LogP contribution in [0.2, 0.25) is 5.02 Å². The average Bonchev–Trinajstić information content (AvgIpc) is 2.69. The summed E-state index contributed by atoms with van der Waals surface area (Å²) in [7, 11) is 0. The lowest BCUT2D eigenvalue weighted by Gasteiger charge is -2.36. The maximum Gasteiger partial charge on any atom is 0.238 e. The molecule has 1 atom stereocenters. The number of halogens is 1. The number of anilines is 2. The van der Waals surface area contributed by atoms with Crippen LogP contribution in [0, 0.1) is 0 Å². The van der Waals surface area contributed by atoms with Crippen LogP contribution in [0.1, 0.15) is 6.42 Å². The number of amides is 2. The van der Waals surface area contributed by atoms with E-state index in [1.807, 2.05) is 29.2 Å². The van der Waals surface area contributed by atoms with Crippen LogP contribution in [0.3, 0.4) is 0 Å². The van der Waals surface area contributed by atoms with Crippen molar-refractivity contribution in [3.63, 3.8) is 0 Å². The van der Waals surface area contributed by atoms with Crippen molar-refractivity contribution in [3.8, 4) is 0 Å². The van der Waals surface area contributed by atoms with Gasteiger partial charge in [-0.3, -0.25) is 9.59 Å². The zero-order chi connectivity index (χ0) is 18.8. The van der Waals surface area contributed by atoms with Crippen molar-refractivity contribution in [1.29, 1.82) is 0 Å². The molecule has 2 aliphatic heterocycles. The number of piperazine rings is 1. The molecule has 0 aliphatic carbocycles. The SMILES string of the molecule is O=C1Nc2cc(Cl)ccc2SC1CC(=O)N1CCN(c2ccccn2)CC1. The lowest BCUT2D eigenvalue weighted by atomic mass is 10.2. The fourth-order valence-corrected chi connectivity index (χ4v) is 4.52. The number of nitrogens with one attached hydrogen (secondary N) is 1. The smallest absolute Gasteiger partial charge is 0.238 e. The molecule has 2 aliphatic rings. The highest BCUT2D eigenvalue weighted by Crippen LogP contribution is 2.38. The predicted octanol–water partition coefficient (Wildman–Crippen LogP) is 2.89. The lowest BCUT2D eigenvalue weighted by molar-refractivity contribution is -0.132. The molecule has 4 rings (SSSR count). The molecule has 2 aromatic rings. The maximum atomic E-state index is 12.7. The van der Waals surface area contributed by atoms with Crippen molar-refractivity contribution in [1.82, 2.24) is 9.88 Å². The number of aromatic nitrogens is 1. The first-order chi connectivity index (χ1) is 13.1. The van der Waals surface area contributed by atoms with E-state index in [4.69, 9.17) is 11.6 Å².